The molecule has 2 rings (SSSR count). The Kier molecular flexibility index (Phi) is 7.91. The summed E-state index contributed by atoms with van der Waals surface area (Å²) in [7, 11) is 2.16. The minimum absolute atomic E-state index is 0. The van der Waals surface area contributed by atoms with Crippen LogP contribution in [0, 0.1) is 5.92 Å². The summed E-state index contributed by atoms with van der Waals surface area (Å²) < 4.78 is 0. The van der Waals surface area contributed by atoms with Crippen LogP contribution in [0.15, 0.2) is 35.3 Å². The van der Waals surface area contributed by atoms with Gasteiger partial charge in [-0.15, -0.1) is 24.0 Å². The third-order valence-corrected chi connectivity index (χ3v) is 3.57. The Morgan fingerprint density at radius 1 is 1.40 bits per heavy atom. The summed E-state index contributed by atoms with van der Waals surface area (Å²) in [6.07, 6.45) is 2.21. The monoisotopic (exact) mass is 388 g/mol. The first-order valence-electron chi connectivity index (χ1n) is 7.00. The van der Waals surface area contributed by atoms with E-state index in [4.69, 9.17) is 5.73 Å². The molecule has 0 radical (unpaired) electrons. The summed E-state index contributed by atoms with van der Waals surface area (Å²) in [6, 6.07) is 10.4. The molecule has 1 atom stereocenters. The fourth-order valence-electron chi connectivity index (χ4n) is 2.44. The predicted octanol–water partition coefficient (Wildman–Crippen LogP) is 1.70. The van der Waals surface area contributed by atoms with Crippen LogP contribution in [0.3, 0.4) is 0 Å². The molecule has 20 heavy (non-hydrogen) atoms. The van der Waals surface area contributed by atoms with Gasteiger partial charge >= 0.3 is 0 Å². The molecule has 1 fully saturated rings. The Morgan fingerprint density at radius 2 is 2.15 bits per heavy atom. The van der Waals surface area contributed by atoms with E-state index < -0.39 is 0 Å². The molecule has 0 saturated carbocycles. The van der Waals surface area contributed by atoms with Gasteiger partial charge in [-0.05, 0) is 37.9 Å². The number of halogens is 1. The summed E-state index contributed by atoms with van der Waals surface area (Å²) in [6.45, 7) is 4.00. The number of hydrogen-bond acceptors (Lipinski definition) is 2. The molecule has 4 nitrogen and oxygen atoms in total. The highest BCUT2D eigenvalue weighted by Crippen LogP contribution is 2.13. The minimum atomic E-state index is 0. The number of nitrogens with one attached hydrogen (secondary N) is 1. The zero-order valence-corrected chi connectivity index (χ0v) is 14.4. The Labute approximate surface area is 138 Å². The Bertz CT molecular complexity index is 408. The number of guanidine groups is 1. The highest BCUT2D eigenvalue weighted by Gasteiger charge is 2.18. The first-order valence-corrected chi connectivity index (χ1v) is 7.00. The SMILES string of the molecule is CN1CCC(CN=C(N)NCCc2ccccc2)C1.I. The lowest BCUT2D eigenvalue weighted by Gasteiger charge is -2.09. The number of hydrogen-bond donors (Lipinski definition) is 2. The summed E-state index contributed by atoms with van der Waals surface area (Å²) in [5, 5.41) is 3.18. The van der Waals surface area contributed by atoms with Crippen molar-refractivity contribution in [2.75, 3.05) is 33.2 Å². The molecule has 0 aliphatic carbocycles. The highest BCUT2D eigenvalue weighted by molar-refractivity contribution is 14.0. The third-order valence-electron chi connectivity index (χ3n) is 3.57. The Morgan fingerprint density at radius 3 is 2.80 bits per heavy atom. The van der Waals surface area contributed by atoms with Gasteiger partial charge in [0, 0.05) is 19.6 Å². The van der Waals surface area contributed by atoms with Crippen molar-refractivity contribution in [3.8, 4) is 0 Å². The molecule has 3 N–H and O–H groups in total. The fourth-order valence-corrected chi connectivity index (χ4v) is 2.44. The molecule has 1 heterocycles. The molecule has 1 aromatic carbocycles. The maximum absolute atomic E-state index is 5.88. The Balaban J connectivity index is 0.00000200. The van der Waals surface area contributed by atoms with Crippen LogP contribution in [0.2, 0.25) is 0 Å². The van der Waals surface area contributed by atoms with E-state index in [-0.39, 0.29) is 24.0 Å². The zero-order valence-electron chi connectivity index (χ0n) is 12.1. The highest BCUT2D eigenvalue weighted by atomic mass is 127. The second kappa shape index (κ2) is 9.18. The van der Waals surface area contributed by atoms with Crippen LogP contribution >= 0.6 is 24.0 Å². The number of rotatable bonds is 5. The van der Waals surface area contributed by atoms with Crippen LogP contribution in [0.4, 0.5) is 0 Å². The summed E-state index contributed by atoms with van der Waals surface area (Å²) in [4.78, 5) is 6.77. The van der Waals surface area contributed by atoms with Gasteiger partial charge in [0.05, 0.1) is 0 Å². The fraction of sp³-hybridized carbons (Fsp3) is 0.533. The van der Waals surface area contributed by atoms with Crippen molar-refractivity contribution in [3.63, 3.8) is 0 Å². The van der Waals surface area contributed by atoms with E-state index in [2.05, 4.69) is 46.5 Å². The number of nitrogens with two attached hydrogens (primary N) is 1. The summed E-state index contributed by atoms with van der Waals surface area (Å²) in [5.74, 6) is 1.24. The lowest BCUT2D eigenvalue weighted by atomic mass is 10.1. The quantitative estimate of drug-likeness (QED) is 0.459. The van der Waals surface area contributed by atoms with E-state index >= 15 is 0 Å². The average molecular weight is 388 g/mol. The van der Waals surface area contributed by atoms with Crippen LogP contribution < -0.4 is 11.1 Å². The van der Waals surface area contributed by atoms with Gasteiger partial charge in [-0.25, -0.2) is 0 Å². The molecule has 0 spiro atoms. The number of aliphatic imine (C=N–C) groups is 1. The van der Waals surface area contributed by atoms with Crippen LogP contribution in [-0.2, 0) is 6.42 Å². The van der Waals surface area contributed by atoms with E-state index in [0.717, 1.165) is 26.1 Å². The van der Waals surface area contributed by atoms with Gasteiger partial charge < -0.3 is 16.0 Å². The average Bonchev–Trinajstić information content (AvgIpc) is 2.83. The van der Waals surface area contributed by atoms with E-state index in [1.807, 2.05) is 6.07 Å². The van der Waals surface area contributed by atoms with Gasteiger partial charge in [0.2, 0.25) is 0 Å². The molecular formula is C15H25IN4. The molecular weight excluding hydrogens is 363 g/mol. The maximum atomic E-state index is 5.88. The van der Waals surface area contributed by atoms with Crippen molar-refractivity contribution in [3.05, 3.63) is 35.9 Å². The van der Waals surface area contributed by atoms with Crippen LogP contribution in [-0.4, -0.2) is 44.1 Å². The van der Waals surface area contributed by atoms with Gasteiger partial charge in [0.1, 0.15) is 0 Å². The standard InChI is InChI=1S/C15H24N4.HI/c1-19-10-8-14(12-19)11-18-15(16)17-9-7-13-5-3-2-4-6-13;/h2-6,14H,7-12H2,1H3,(H3,16,17,18);1H. The van der Waals surface area contributed by atoms with E-state index in [1.54, 1.807) is 0 Å². The van der Waals surface area contributed by atoms with Gasteiger partial charge in [0.15, 0.2) is 5.96 Å². The minimum Gasteiger partial charge on any atom is -0.370 e. The molecule has 1 saturated heterocycles. The van der Waals surface area contributed by atoms with E-state index in [1.165, 1.54) is 18.5 Å². The first kappa shape index (κ1) is 17.2. The molecule has 0 amide bonds. The molecule has 0 aromatic heterocycles. The first-order chi connectivity index (χ1) is 9.24. The second-order valence-electron chi connectivity index (χ2n) is 5.31. The van der Waals surface area contributed by atoms with Gasteiger partial charge in [-0.3, -0.25) is 4.99 Å². The van der Waals surface area contributed by atoms with Crippen LogP contribution in [0.1, 0.15) is 12.0 Å². The Hall–Kier alpha value is -0.820. The maximum Gasteiger partial charge on any atom is 0.188 e. The van der Waals surface area contributed by atoms with Crippen LogP contribution in [0.5, 0.6) is 0 Å². The summed E-state index contributed by atoms with van der Waals surface area (Å²) in [5.41, 5.74) is 7.20. The van der Waals surface area contributed by atoms with Crippen molar-refractivity contribution in [1.29, 1.82) is 0 Å². The topological polar surface area (TPSA) is 53.6 Å². The van der Waals surface area contributed by atoms with Crippen molar-refractivity contribution in [1.82, 2.24) is 10.2 Å². The molecule has 0 bridgehead atoms. The normalized spacial score (nSPS) is 19.6. The largest absolute Gasteiger partial charge is 0.370 e. The molecule has 5 heteroatoms. The number of likely N-dealkylation sites (tertiary alicyclic amines) is 1. The van der Waals surface area contributed by atoms with Crippen molar-refractivity contribution < 1.29 is 0 Å². The van der Waals surface area contributed by atoms with Gasteiger partial charge in [-0.1, -0.05) is 30.3 Å². The van der Waals surface area contributed by atoms with Crippen LogP contribution in [0.25, 0.3) is 0 Å². The predicted molar refractivity (Wildman–Crippen MR) is 95.7 cm³/mol. The van der Waals surface area contributed by atoms with E-state index in [9.17, 15) is 0 Å². The third kappa shape index (κ3) is 6.09. The van der Waals surface area contributed by atoms with Crippen molar-refractivity contribution in [2.45, 2.75) is 12.8 Å². The zero-order chi connectivity index (χ0) is 13.5. The molecule has 1 aliphatic rings. The number of benzene rings is 1. The molecule has 1 unspecified atom stereocenters. The smallest absolute Gasteiger partial charge is 0.188 e. The van der Waals surface area contributed by atoms with Crippen molar-refractivity contribution >= 4 is 29.9 Å². The lowest BCUT2D eigenvalue weighted by Crippen LogP contribution is -2.33. The molecule has 112 valence electrons. The lowest BCUT2D eigenvalue weighted by molar-refractivity contribution is 0.397. The van der Waals surface area contributed by atoms with Crippen molar-refractivity contribution in [2.24, 2.45) is 16.6 Å². The van der Waals surface area contributed by atoms with E-state index in [0.29, 0.717) is 11.9 Å². The molecule has 1 aliphatic heterocycles. The number of nitrogens with zero attached hydrogens (tertiary/aromatic N) is 2. The summed E-state index contributed by atoms with van der Waals surface area (Å²) >= 11 is 0. The molecule has 1 aromatic rings. The second-order valence-corrected chi connectivity index (χ2v) is 5.31. The van der Waals surface area contributed by atoms with Gasteiger partial charge in [-0.2, -0.15) is 0 Å². The van der Waals surface area contributed by atoms with Gasteiger partial charge in [0.25, 0.3) is 0 Å².